The number of nitrogens with one attached hydrogen (secondary N) is 1. The van der Waals surface area contributed by atoms with E-state index in [0.717, 1.165) is 4.90 Å². The van der Waals surface area contributed by atoms with Crippen molar-refractivity contribution in [1.29, 1.82) is 0 Å². The van der Waals surface area contributed by atoms with E-state index in [1.165, 1.54) is 23.6 Å². The van der Waals surface area contributed by atoms with Crippen LogP contribution in [0.3, 0.4) is 0 Å². The van der Waals surface area contributed by atoms with Gasteiger partial charge in [0.2, 0.25) is 11.7 Å². The minimum absolute atomic E-state index is 0.145. The van der Waals surface area contributed by atoms with Crippen LogP contribution >= 0.6 is 11.8 Å². The first kappa shape index (κ1) is 22.1. The Balaban J connectivity index is 1.56. The number of ether oxygens (including phenoxy) is 2. The average Bonchev–Trinajstić information content (AvgIpc) is 3.37. The molecule has 2 aromatic rings. The Hall–Kier alpha value is -3.07. The maximum Gasteiger partial charge on any atom is 0.344 e. The van der Waals surface area contributed by atoms with Gasteiger partial charge in [0.25, 0.3) is 0 Å². The van der Waals surface area contributed by atoms with Crippen molar-refractivity contribution in [3.05, 3.63) is 46.8 Å². The summed E-state index contributed by atoms with van der Waals surface area (Å²) in [6.45, 7) is 6.75. The Kier molecular flexibility index (Phi) is 5.62. The van der Waals surface area contributed by atoms with E-state index in [0.29, 0.717) is 28.9 Å². The molecule has 2 atom stereocenters. The molecule has 0 aliphatic carbocycles. The molecular weight excluding hydrogens is 432 g/mol. The molecule has 1 amide bonds. The van der Waals surface area contributed by atoms with Crippen LogP contribution in [0, 0.1) is 13.8 Å². The maximum atomic E-state index is 13.3. The van der Waals surface area contributed by atoms with E-state index >= 15 is 0 Å². The van der Waals surface area contributed by atoms with Gasteiger partial charge in [0.15, 0.2) is 11.0 Å². The molecule has 3 heterocycles. The van der Waals surface area contributed by atoms with Gasteiger partial charge in [0.1, 0.15) is 0 Å². The lowest BCUT2D eigenvalue weighted by atomic mass is 10.1. The number of benzene rings is 1. The fourth-order valence-corrected chi connectivity index (χ4v) is 5.69. The average molecular weight is 457 g/mol. The summed E-state index contributed by atoms with van der Waals surface area (Å²) in [7, 11) is 0. The summed E-state index contributed by atoms with van der Waals surface area (Å²) < 4.78 is 10.7. The minimum atomic E-state index is -1.20. The molecule has 32 heavy (non-hydrogen) atoms. The highest BCUT2D eigenvalue weighted by Crippen LogP contribution is 2.56. The van der Waals surface area contributed by atoms with Gasteiger partial charge in [-0.2, -0.15) is 0 Å². The number of Topliss-reactive ketones (excluding diaryl/α,β-unsaturated/α-hetero) is 1. The second-order valence-corrected chi connectivity index (χ2v) is 9.16. The third-order valence-electron chi connectivity index (χ3n) is 5.81. The lowest BCUT2D eigenvalue weighted by molar-refractivity contribution is -0.149. The number of ketones is 1. The molecule has 2 aliphatic rings. The summed E-state index contributed by atoms with van der Waals surface area (Å²) in [4.78, 5) is 55.2. The molecule has 1 saturated heterocycles. The zero-order chi connectivity index (χ0) is 23.2. The Morgan fingerprint density at radius 3 is 2.69 bits per heavy atom. The number of amides is 1. The number of aromatic nitrogens is 1. The molecule has 1 aromatic carbocycles. The molecule has 0 radical (unpaired) electrons. The topological polar surface area (TPSA) is 106 Å². The lowest BCUT2D eigenvalue weighted by Crippen LogP contribution is -2.49. The summed E-state index contributed by atoms with van der Waals surface area (Å²) in [5.74, 6) is -1.74. The van der Waals surface area contributed by atoms with Crippen molar-refractivity contribution in [2.45, 2.75) is 56.4 Å². The molecule has 168 valence electrons. The first-order valence-electron chi connectivity index (χ1n) is 10.4. The number of thioether (sulfide) groups is 1. The zero-order valence-electron chi connectivity index (χ0n) is 18.3. The van der Waals surface area contributed by atoms with E-state index in [-0.39, 0.29) is 24.6 Å². The van der Waals surface area contributed by atoms with Gasteiger partial charge in [-0.15, -0.1) is 0 Å². The quantitative estimate of drug-likeness (QED) is 0.523. The minimum Gasteiger partial charge on any atom is -0.462 e. The number of aromatic amines is 1. The van der Waals surface area contributed by atoms with Crippen LogP contribution in [-0.2, 0) is 19.1 Å². The number of H-pyrrole nitrogens is 1. The van der Waals surface area contributed by atoms with E-state index in [1.807, 2.05) is 18.2 Å². The number of fused-ring (bicyclic) bond motifs is 3. The van der Waals surface area contributed by atoms with Gasteiger partial charge < -0.3 is 14.5 Å². The summed E-state index contributed by atoms with van der Waals surface area (Å²) in [5, 5.41) is 0. The van der Waals surface area contributed by atoms with Gasteiger partial charge in [-0.1, -0.05) is 23.9 Å². The van der Waals surface area contributed by atoms with Gasteiger partial charge in [0.05, 0.1) is 23.6 Å². The molecule has 1 fully saturated rings. The molecule has 8 nitrogen and oxygen atoms in total. The van der Waals surface area contributed by atoms with Crippen molar-refractivity contribution in [3.63, 3.8) is 0 Å². The van der Waals surface area contributed by atoms with Gasteiger partial charge in [-0.05, 0) is 45.4 Å². The van der Waals surface area contributed by atoms with E-state index in [4.69, 9.17) is 9.47 Å². The molecule has 4 rings (SSSR count). The highest BCUT2D eigenvalue weighted by atomic mass is 32.2. The highest BCUT2D eigenvalue weighted by Gasteiger charge is 2.59. The van der Waals surface area contributed by atoms with Gasteiger partial charge in [-0.25, -0.2) is 9.59 Å². The fraction of sp³-hybridized carbons (Fsp3) is 0.391. The van der Waals surface area contributed by atoms with E-state index < -0.39 is 28.7 Å². The third-order valence-corrected chi connectivity index (χ3v) is 7.26. The summed E-state index contributed by atoms with van der Waals surface area (Å²) >= 11 is 1.28. The molecule has 1 N–H and O–H groups in total. The normalized spacial score (nSPS) is 20.0. The van der Waals surface area contributed by atoms with Crippen LogP contribution < -0.4 is 4.90 Å². The lowest BCUT2D eigenvalue weighted by Gasteiger charge is -2.29. The Labute approximate surface area is 189 Å². The molecule has 0 bridgehead atoms. The molecule has 2 aliphatic heterocycles. The predicted molar refractivity (Wildman–Crippen MR) is 118 cm³/mol. The molecule has 0 saturated carbocycles. The highest BCUT2D eigenvalue weighted by molar-refractivity contribution is 8.02. The van der Waals surface area contributed by atoms with Crippen LogP contribution in [0.5, 0.6) is 0 Å². The van der Waals surface area contributed by atoms with Gasteiger partial charge in [0, 0.05) is 23.4 Å². The summed E-state index contributed by atoms with van der Waals surface area (Å²) in [5.41, 5.74) is 2.15. The number of nitrogens with zero attached hydrogens (tertiary/aromatic N) is 1. The number of carbonyl (C=O) groups excluding carboxylic acids is 4. The predicted octanol–water partition coefficient (Wildman–Crippen LogP) is 3.55. The SMILES string of the molecule is CCOC(=O)c1c(C)[nH]c(C(=O)[C@H](C)OC(=O)[C@@]23CCC(=O)N2c2ccccc2S3)c1C. The number of hydrogen-bond acceptors (Lipinski definition) is 7. The second-order valence-electron chi connectivity index (χ2n) is 7.84. The van der Waals surface area contributed by atoms with Crippen LogP contribution in [0.25, 0.3) is 0 Å². The van der Waals surface area contributed by atoms with Crippen LogP contribution in [0.1, 0.15) is 58.8 Å². The largest absolute Gasteiger partial charge is 0.462 e. The number of anilines is 1. The Morgan fingerprint density at radius 2 is 1.97 bits per heavy atom. The van der Waals surface area contributed by atoms with E-state index in [2.05, 4.69) is 4.98 Å². The van der Waals surface area contributed by atoms with Crippen molar-refractivity contribution in [2.75, 3.05) is 11.5 Å². The smallest absolute Gasteiger partial charge is 0.344 e. The van der Waals surface area contributed by atoms with Crippen molar-refractivity contribution in [2.24, 2.45) is 0 Å². The Bertz CT molecular complexity index is 1140. The van der Waals surface area contributed by atoms with Crippen molar-refractivity contribution < 1.29 is 28.7 Å². The second kappa shape index (κ2) is 8.12. The molecule has 1 aromatic heterocycles. The van der Waals surface area contributed by atoms with Crippen molar-refractivity contribution in [1.82, 2.24) is 4.98 Å². The third kappa shape index (κ3) is 3.31. The number of para-hydroxylation sites is 1. The van der Waals surface area contributed by atoms with Crippen molar-refractivity contribution >= 4 is 41.1 Å². The first-order chi connectivity index (χ1) is 15.2. The summed E-state index contributed by atoms with van der Waals surface area (Å²) in [6.07, 6.45) is -0.569. The number of hydrogen-bond donors (Lipinski definition) is 1. The van der Waals surface area contributed by atoms with Gasteiger partial charge in [-0.3, -0.25) is 14.5 Å². The molecular formula is C23H24N2O6S. The molecule has 0 spiro atoms. The Morgan fingerprint density at radius 1 is 1.25 bits per heavy atom. The number of aryl methyl sites for hydroxylation is 1. The van der Waals surface area contributed by atoms with Crippen LogP contribution in [0.15, 0.2) is 29.2 Å². The monoisotopic (exact) mass is 456 g/mol. The summed E-state index contributed by atoms with van der Waals surface area (Å²) in [6, 6.07) is 7.32. The number of esters is 2. The van der Waals surface area contributed by atoms with Crippen LogP contribution in [-0.4, -0.2) is 46.2 Å². The van der Waals surface area contributed by atoms with Crippen LogP contribution in [0.4, 0.5) is 5.69 Å². The standard InChI is InChI=1S/C23H24N2O6S/c1-5-30-21(28)18-12(2)19(24-13(18)3)20(27)14(4)31-22(29)23-11-10-17(26)25(23)15-8-6-7-9-16(15)32-23/h6-9,14,24H,5,10-11H2,1-4H3/t14-,23-/m0/s1. The zero-order valence-corrected chi connectivity index (χ0v) is 19.1. The fourth-order valence-electron chi connectivity index (χ4n) is 4.29. The molecule has 9 heteroatoms. The van der Waals surface area contributed by atoms with Crippen LogP contribution in [0.2, 0.25) is 0 Å². The van der Waals surface area contributed by atoms with E-state index in [1.54, 1.807) is 26.8 Å². The molecule has 0 unspecified atom stereocenters. The first-order valence-corrected chi connectivity index (χ1v) is 11.3. The van der Waals surface area contributed by atoms with Gasteiger partial charge >= 0.3 is 11.9 Å². The maximum absolute atomic E-state index is 13.3. The number of carbonyl (C=O) groups is 4. The number of rotatable bonds is 6. The van der Waals surface area contributed by atoms with E-state index in [9.17, 15) is 19.2 Å². The van der Waals surface area contributed by atoms with Crippen molar-refractivity contribution in [3.8, 4) is 0 Å².